The molecule has 0 amide bonds. The van der Waals surface area contributed by atoms with Crippen LogP contribution in [0.5, 0.6) is 5.88 Å². The smallest absolute Gasteiger partial charge is 0.433 e. The van der Waals surface area contributed by atoms with Gasteiger partial charge in [0.2, 0.25) is 12.2 Å². The molecule has 1 aliphatic rings. The lowest BCUT2D eigenvalue weighted by Crippen LogP contribution is -2.60. The third-order valence-corrected chi connectivity index (χ3v) is 4.41. The monoisotopic (exact) mass is 404 g/mol. The molecule has 1 saturated heterocycles. The van der Waals surface area contributed by atoms with Crippen LogP contribution in [-0.2, 0) is 17.3 Å². The summed E-state index contributed by atoms with van der Waals surface area (Å²) in [5.41, 5.74) is -0.861. The predicted molar refractivity (Wildman–Crippen MR) is 87.2 cm³/mol. The Labute approximate surface area is 157 Å². The maximum absolute atomic E-state index is 13.3. The van der Waals surface area contributed by atoms with E-state index in [9.17, 15) is 33.6 Å². The number of aliphatic hydroxyl groups excluding tert-OH is 4. The van der Waals surface area contributed by atoms with E-state index in [1.807, 2.05) is 5.10 Å². The lowest BCUT2D eigenvalue weighted by molar-refractivity contribution is -0.278. The first-order valence-corrected chi connectivity index (χ1v) is 8.38. The first-order chi connectivity index (χ1) is 13.2. The highest BCUT2D eigenvalue weighted by atomic mass is 19.4. The third-order valence-electron chi connectivity index (χ3n) is 4.41. The Kier molecular flexibility index (Phi) is 5.91. The van der Waals surface area contributed by atoms with Crippen molar-refractivity contribution in [2.45, 2.75) is 43.3 Å². The molecule has 0 saturated carbocycles. The van der Waals surface area contributed by atoms with Gasteiger partial charge in [0.25, 0.3) is 0 Å². The zero-order valence-electron chi connectivity index (χ0n) is 14.4. The van der Waals surface area contributed by atoms with Gasteiger partial charge in [0.05, 0.1) is 12.2 Å². The van der Waals surface area contributed by atoms with Gasteiger partial charge in [0, 0.05) is 6.42 Å². The number of H-pyrrole nitrogens is 1. The fourth-order valence-corrected chi connectivity index (χ4v) is 2.92. The minimum absolute atomic E-state index is 0.168. The van der Waals surface area contributed by atoms with E-state index in [-0.39, 0.29) is 12.0 Å². The minimum atomic E-state index is -4.73. The molecule has 28 heavy (non-hydrogen) atoms. The summed E-state index contributed by atoms with van der Waals surface area (Å²) in [5.74, 6) is -0.472. The maximum atomic E-state index is 13.3. The minimum Gasteiger partial charge on any atom is -0.443 e. The van der Waals surface area contributed by atoms with Crippen molar-refractivity contribution in [3.63, 3.8) is 0 Å². The summed E-state index contributed by atoms with van der Waals surface area (Å²) in [6.45, 7) is -0.698. The highest BCUT2D eigenvalue weighted by Crippen LogP contribution is 2.36. The molecule has 5 unspecified atom stereocenters. The van der Waals surface area contributed by atoms with Crippen LogP contribution < -0.4 is 4.74 Å². The van der Waals surface area contributed by atoms with Crippen LogP contribution >= 0.6 is 0 Å². The summed E-state index contributed by atoms with van der Waals surface area (Å²) in [6.07, 6.45) is -12.9. The van der Waals surface area contributed by atoms with Crippen LogP contribution in [0.15, 0.2) is 30.3 Å². The Hall–Kier alpha value is -2.18. The number of nitrogens with zero attached hydrogens (tertiary/aromatic N) is 1. The van der Waals surface area contributed by atoms with Crippen LogP contribution in [0.1, 0.15) is 16.8 Å². The van der Waals surface area contributed by atoms with E-state index in [2.05, 4.69) is 5.10 Å². The topological polar surface area (TPSA) is 128 Å². The van der Waals surface area contributed by atoms with E-state index in [4.69, 9.17) is 9.47 Å². The van der Waals surface area contributed by atoms with Gasteiger partial charge in [-0.25, -0.2) is 0 Å². The highest BCUT2D eigenvalue weighted by molar-refractivity contribution is 5.37. The van der Waals surface area contributed by atoms with Crippen LogP contribution in [0.4, 0.5) is 13.2 Å². The molecule has 0 radical (unpaired) electrons. The molecule has 2 aromatic rings. The Morgan fingerprint density at radius 2 is 1.75 bits per heavy atom. The lowest BCUT2D eigenvalue weighted by Gasteiger charge is -2.39. The lowest BCUT2D eigenvalue weighted by atomic mass is 9.99. The number of halogens is 3. The number of alkyl halides is 3. The second-order valence-corrected chi connectivity index (χ2v) is 6.36. The number of aliphatic hydroxyl groups is 4. The third kappa shape index (κ3) is 4.13. The summed E-state index contributed by atoms with van der Waals surface area (Å²) in [5, 5.41) is 44.2. The Bertz CT molecular complexity index is 783. The van der Waals surface area contributed by atoms with Crippen LogP contribution in [-0.4, -0.2) is 67.9 Å². The Balaban J connectivity index is 1.90. The van der Waals surface area contributed by atoms with Crippen LogP contribution in [0.3, 0.4) is 0 Å². The van der Waals surface area contributed by atoms with Crippen molar-refractivity contribution in [2.75, 3.05) is 6.61 Å². The first kappa shape index (κ1) is 20.6. The average molecular weight is 404 g/mol. The van der Waals surface area contributed by atoms with E-state index < -0.39 is 55.1 Å². The highest BCUT2D eigenvalue weighted by Gasteiger charge is 2.46. The molecule has 5 N–H and O–H groups in total. The zero-order valence-corrected chi connectivity index (χ0v) is 14.4. The summed E-state index contributed by atoms with van der Waals surface area (Å²) in [7, 11) is 0. The van der Waals surface area contributed by atoms with Crippen molar-refractivity contribution in [3.05, 3.63) is 47.2 Å². The predicted octanol–water partition coefficient (Wildman–Crippen LogP) is 0.198. The SMILES string of the molecule is OCC1OC(Oc2n[nH]c(C(F)(F)F)c2Cc2ccccc2)C(O)C(O)C1O. The molecule has 1 fully saturated rings. The maximum Gasteiger partial charge on any atom is 0.433 e. The molecule has 154 valence electrons. The second-order valence-electron chi connectivity index (χ2n) is 6.36. The van der Waals surface area contributed by atoms with Crippen molar-refractivity contribution in [2.24, 2.45) is 0 Å². The standard InChI is InChI=1S/C17H19F3N2O6/c18-17(19,20)14-9(6-8-4-2-1-3-5-8)15(22-21-14)28-16-13(26)12(25)11(24)10(7-23)27-16/h1-5,10-13,16,23-26H,6-7H2,(H,21,22). The van der Waals surface area contributed by atoms with Gasteiger partial charge in [0.1, 0.15) is 30.1 Å². The molecule has 5 atom stereocenters. The number of aromatic nitrogens is 2. The molecule has 11 heteroatoms. The molecule has 3 rings (SSSR count). The summed E-state index contributed by atoms with van der Waals surface area (Å²) in [4.78, 5) is 0. The van der Waals surface area contributed by atoms with E-state index >= 15 is 0 Å². The summed E-state index contributed by atoms with van der Waals surface area (Å²) in [6, 6.07) is 8.31. The van der Waals surface area contributed by atoms with Crippen molar-refractivity contribution in [3.8, 4) is 5.88 Å². The van der Waals surface area contributed by atoms with Crippen molar-refractivity contribution < 1.29 is 43.1 Å². The molecule has 1 aromatic heterocycles. The number of nitrogens with one attached hydrogen (secondary N) is 1. The molecule has 8 nitrogen and oxygen atoms in total. The molecule has 0 spiro atoms. The number of ether oxygens (including phenoxy) is 2. The van der Waals surface area contributed by atoms with Gasteiger partial charge < -0.3 is 29.9 Å². The second kappa shape index (κ2) is 8.05. The van der Waals surface area contributed by atoms with Gasteiger partial charge in [-0.1, -0.05) is 30.3 Å². The summed E-state index contributed by atoms with van der Waals surface area (Å²) >= 11 is 0. The molecule has 1 aromatic carbocycles. The molecular weight excluding hydrogens is 385 g/mol. The molecule has 1 aliphatic heterocycles. The number of hydrogen-bond acceptors (Lipinski definition) is 7. The van der Waals surface area contributed by atoms with E-state index in [1.54, 1.807) is 30.3 Å². The number of hydrogen-bond donors (Lipinski definition) is 5. The van der Waals surface area contributed by atoms with Gasteiger partial charge in [-0.15, -0.1) is 5.10 Å². The van der Waals surface area contributed by atoms with Crippen LogP contribution in [0.2, 0.25) is 0 Å². The van der Waals surface area contributed by atoms with Crippen LogP contribution in [0, 0.1) is 0 Å². The normalized spacial score (nSPS) is 28.3. The molecule has 2 heterocycles. The average Bonchev–Trinajstić information content (AvgIpc) is 3.05. The van der Waals surface area contributed by atoms with E-state index in [1.165, 1.54) is 0 Å². The van der Waals surface area contributed by atoms with Gasteiger partial charge in [-0.05, 0) is 5.56 Å². The van der Waals surface area contributed by atoms with Crippen molar-refractivity contribution in [1.82, 2.24) is 10.2 Å². The molecule has 0 bridgehead atoms. The molecule has 0 aliphatic carbocycles. The van der Waals surface area contributed by atoms with E-state index in [0.717, 1.165) is 0 Å². The summed E-state index contributed by atoms with van der Waals surface area (Å²) < 4.78 is 50.5. The number of benzene rings is 1. The van der Waals surface area contributed by atoms with E-state index in [0.29, 0.717) is 5.56 Å². The van der Waals surface area contributed by atoms with Crippen LogP contribution in [0.25, 0.3) is 0 Å². The quantitative estimate of drug-likeness (QED) is 0.482. The first-order valence-electron chi connectivity index (χ1n) is 8.38. The fraction of sp³-hybridized carbons (Fsp3) is 0.471. The Morgan fingerprint density at radius 1 is 1.07 bits per heavy atom. The van der Waals surface area contributed by atoms with Gasteiger partial charge in [0.15, 0.2) is 0 Å². The molecular formula is C17H19F3N2O6. The van der Waals surface area contributed by atoms with Gasteiger partial charge >= 0.3 is 6.18 Å². The Morgan fingerprint density at radius 3 is 2.36 bits per heavy atom. The van der Waals surface area contributed by atoms with Gasteiger partial charge in [-0.2, -0.15) is 13.2 Å². The fourth-order valence-electron chi connectivity index (χ4n) is 2.92. The van der Waals surface area contributed by atoms with Crippen molar-refractivity contribution in [1.29, 1.82) is 0 Å². The zero-order chi connectivity index (χ0) is 20.5. The van der Waals surface area contributed by atoms with Gasteiger partial charge in [-0.3, -0.25) is 5.10 Å². The number of aromatic amines is 1. The largest absolute Gasteiger partial charge is 0.443 e. The number of rotatable bonds is 5. The van der Waals surface area contributed by atoms with Crippen molar-refractivity contribution >= 4 is 0 Å².